The summed E-state index contributed by atoms with van der Waals surface area (Å²) < 4.78 is 0. The van der Waals surface area contributed by atoms with Crippen molar-refractivity contribution in [2.75, 3.05) is 0 Å². The van der Waals surface area contributed by atoms with E-state index in [9.17, 15) is 9.59 Å². The van der Waals surface area contributed by atoms with E-state index in [0.29, 0.717) is 0 Å². The van der Waals surface area contributed by atoms with E-state index in [2.05, 4.69) is 25.3 Å². The molecule has 0 aliphatic rings. The molecule has 0 radical (unpaired) electrons. The highest BCUT2D eigenvalue weighted by Gasteiger charge is 1.98. The molecule has 2 aromatic carbocycles. The summed E-state index contributed by atoms with van der Waals surface area (Å²) in [5.41, 5.74) is 1.60. The van der Waals surface area contributed by atoms with Crippen molar-refractivity contribution in [2.24, 2.45) is 0 Å². The third kappa shape index (κ3) is 7.75. The highest BCUT2D eigenvalue weighted by molar-refractivity contribution is 7.80. The molecule has 0 atom stereocenters. The van der Waals surface area contributed by atoms with Gasteiger partial charge in [-0.05, 0) is 35.4 Å². The Morgan fingerprint density at radius 2 is 0.955 bits per heavy atom. The zero-order chi connectivity index (χ0) is 16.5. The maximum Gasteiger partial charge on any atom is 0.307 e. The van der Waals surface area contributed by atoms with Crippen LogP contribution in [0, 0.1) is 0 Å². The number of hydrogen-bond donors (Lipinski definition) is 4. The van der Waals surface area contributed by atoms with E-state index in [1.54, 1.807) is 48.5 Å². The van der Waals surface area contributed by atoms with Gasteiger partial charge >= 0.3 is 11.9 Å². The SMILES string of the molecule is O=C(O)Cc1ccc(S)cc1.O=C(O)Cc1ccc(S)cc1. The van der Waals surface area contributed by atoms with E-state index in [1.807, 2.05) is 0 Å². The second-order valence-electron chi connectivity index (χ2n) is 4.47. The number of aliphatic carboxylic acids is 2. The Morgan fingerprint density at radius 3 is 1.18 bits per heavy atom. The largest absolute Gasteiger partial charge is 0.481 e. The number of carboxylic acids is 2. The smallest absolute Gasteiger partial charge is 0.307 e. The quantitative estimate of drug-likeness (QED) is 0.647. The summed E-state index contributed by atoms with van der Waals surface area (Å²) in [5.74, 6) is -1.62. The van der Waals surface area contributed by atoms with E-state index in [-0.39, 0.29) is 12.8 Å². The first-order chi connectivity index (χ1) is 10.4. The van der Waals surface area contributed by atoms with Gasteiger partial charge in [0.05, 0.1) is 12.8 Å². The van der Waals surface area contributed by atoms with Crippen LogP contribution in [0.15, 0.2) is 58.3 Å². The Hall–Kier alpha value is -1.92. The van der Waals surface area contributed by atoms with Gasteiger partial charge in [-0.1, -0.05) is 24.3 Å². The van der Waals surface area contributed by atoms with Gasteiger partial charge in [0.1, 0.15) is 0 Å². The highest BCUT2D eigenvalue weighted by atomic mass is 32.1. The van der Waals surface area contributed by atoms with Gasteiger partial charge in [0, 0.05) is 9.79 Å². The molecular formula is C16H16O4S2. The number of benzene rings is 2. The van der Waals surface area contributed by atoms with Gasteiger partial charge in [-0.3, -0.25) is 9.59 Å². The zero-order valence-corrected chi connectivity index (χ0v) is 13.4. The van der Waals surface area contributed by atoms with E-state index in [1.165, 1.54) is 0 Å². The molecule has 22 heavy (non-hydrogen) atoms. The molecule has 0 unspecified atom stereocenters. The van der Waals surface area contributed by atoms with E-state index in [0.717, 1.165) is 20.9 Å². The average molecular weight is 336 g/mol. The summed E-state index contributed by atoms with van der Waals surface area (Å²) in [6.07, 6.45) is 0.155. The van der Waals surface area contributed by atoms with Crippen molar-refractivity contribution in [3.05, 3.63) is 59.7 Å². The first-order valence-electron chi connectivity index (χ1n) is 6.36. The Bertz CT molecular complexity index is 564. The molecule has 0 aliphatic heterocycles. The van der Waals surface area contributed by atoms with Crippen molar-refractivity contribution in [3.8, 4) is 0 Å². The lowest BCUT2D eigenvalue weighted by atomic mass is 10.2. The van der Waals surface area contributed by atoms with Crippen LogP contribution in [0.3, 0.4) is 0 Å². The number of carboxylic acid groups (broad SMARTS) is 2. The summed E-state index contributed by atoms with van der Waals surface area (Å²) in [6, 6.07) is 14.2. The molecule has 116 valence electrons. The molecule has 4 nitrogen and oxygen atoms in total. The Kier molecular flexibility index (Phi) is 7.56. The van der Waals surface area contributed by atoms with E-state index in [4.69, 9.17) is 10.2 Å². The van der Waals surface area contributed by atoms with Crippen molar-refractivity contribution in [1.82, 2.24) is 0 Å². The summed E-state index contributed by atoms with van der Waals surface area (Å²) >= 11 is 8.15. The molecular weight excluding hydrogens is 320 g/mol. The minimum absolute atomic E-state index is 0.0774. The Balaban J connectivity index is 0.000000220. The molecule has 0 saturated carbocycles. The van der Waals surface area contributed by atoms with Crippen molar-refractivity contribution < 1.29 is 19.8 Å². The summed E-state index contributed by atoms with van der Waals surface area (Å²) in [6.45, 7) is 0. The number of rotatable bonds is 4. The predicted molar refractivity (Wildman–Crippen MR) is 90.1 cm³/mol. The van der Waals surface area contributed by atoms with Gasteiger partial charge < -0.3 is 10.2 Å². The van der Waals surface area contributed by atoms with Crippen LogP contribution in [0.1, 0.15) is 11.1 Å². The average Bonchev–Trinajstić information content (AvgIpc) is 2.44. The third-order valence-corrected chi connectivity index (χ3v) is 3.18. The Labute approximate surface area is 139 Å². The third-order valence-electron chi connectivity index (χ3n) is 2.58. The minimum atomic E-state index is -0.808. The fraction of sp³-hybridized carbons (Fsp3) is 0.125. The lowest BCUT2D eigenvalue weighted by Crippen LogP contribution is -1.99. The maximum absolute atomic E-state index is 10.2. The number of hydrogen-bond acceptors (Lipinski definition) is 4. The van der Waals surface area contributed by atoms with Gasteiger partial charge in [-0.25, -0.2) is 0 Å². The van der Waals surface area contributed by atoms with Crippen molar-refractivity contribution in [3.63, 3.8) is 0 Å². The van der Waals surface area contributed by atoms with Crippen molar-refractivity contribution in [2.45, 2.75) is 22.6 Å². The molecule has 2 rings (SSSR count). The van der Waals surface area contributed by atoms with Crippen LogP contribution in [0.4, 0.5) is 0 Å². The molecule has 2 N–H and O–H groups in total. The van der Waals surface area contributed by atoms with Crippen LogP contribution in [0.5, 0.6) is 0 Å². The fourth-order valence-corrected chi connectivity index (χ4v) is 1.87. The summed E-state index contributed by atoms with van der Waals surface area (Å²) in [7, 11) is 0. The molecule has 0 fully saturated rings. The molecule has 0 heterocycles. The maximum atomic E-state index is 10.2. The Morgan fingerprint density at radius 1 is 0.682 bits per heavy atom. The number of thiol groups is 2. The lowest BCUT2D eigenvalue weighted by Gasteiger charge is -1.95. The van der Waals surface area contributed by atoms with Crippen molar-refractivity contribution >= 4 is 37.2 Å². The van der Waals surface area contributed by atoms with Crippen LogP contribution in [-0.4, -0.2) is 22.2 Å². The molecule has 0 aromatic heterocycles. The highest BCUT2D eigenvalue weighted by Crippen LogP contribution is 2.08. The minimum Gasteiger partial charge on any atom is -0.481 e. The number of carbonyl (C=O) groups is 2. The van der Waals surface area contributed by atoms with Crippen molar-refractivity contribution in [1.29, 1.82) is 0 Å². The monoisotopic (exact) mass is 336 g/mol. The van der Waals surface area contributed by atoms with Gasteiger partial charge in [0.25, 0.3) is 0 Å². The predicted octanol–water partition coefficient (Wildman–Crippen LogP) is 3.20. The first kappa shape index (κ1) is 18.1. The molecule has 0 amide bonds. The topological polar surface area (TPSA) is 74.6 Å². The molecule has 0 saturated heterocycles. The second kappa shape index (κ2) is 9.17. The fourth-order valence-electron chi connectivity index (χ4n) is 1.58. The van der Waals surface area contributed by atoms with Crippen LogP contribution < -0.4 is 0 Å². The molecule has 6 heteroatoms. The van der Waals surface area contributed by atoms with Crippen LogP contribution in [0.2, 0.25) is 0 Å². The molecule has 0 spiro atoms. The standard InChI is InChI=1S/2C8H8O2S/c2*9-8(10)5-6-1-3-7(11)4-2-6/h2*1-4,11H,5H2,(H,9,10). The van der Waals surface area contributed by atoms with Gasteiger partial charge in [0.2, 0.25) is 0 Å². The van der Waals surface area contributed by atoms with E-state index < -0.39 is 11.9 Å². The zero-order valence-electron chi connectivity index (χ0n) is 11.6. The lowest BCUT2D eigenvalue weighted by molar-refractivity contribution is -0.137. The molecule has 2 aromatic rings. The van der Waals surface area contributed by atoms with Crippen LogP contribution >= 0.6 is 25.3 Å². The van der Waals surface area contributed by atoms with Gasteiger partial charge in [0.15, 0.2) is 0 Å². The van der Waals surface area contributed by atoms with Crippen LogP contribution in [0.25, 0.3) is 0 Å². The van der Waals surface area contributed by atoms with Gasteiger partial charge in [-0.15, -0.1) is 25.3 Å². The van der Waals surface area contributed by atoms with Crippen LogP contribution in [-0.2, 0) is 22.4 Å². The van der Waals surface area contributed by atoms with E-state index >= 15 is 0 Å². The summed E-state index contributed by atoms with van der Waals surface area (Å²) in [4.78, 5) is 22.2. The second-order valence-corrected chi connectivity index (χ2v) is 5.51. The first-order valence-corrected chi connectivity index (χ1v) is 7.25. The van der Waals surface area contributed by atoms with Gasteiger partial charge in [-0.2, -0.15) is 0 Å². The normalized spacial score (nSPS) is 9.55. The molecule has 0 aliphatic carbocycles. The summed E-state index contributed by atoms with van der Waals surface area (Å²) in [5, 5.41) is 16.8. The molecule has 0 bridgehead atoms.